The van der Waals surface area contributed by atoms with Crippen LogP contribution in [0.3, 0.4) is 0 Å². The third kappa shape index (κ3) is 8.47. The Kier molecular flexibility index (Phi) is 7.20. The first-order valence-electron chi connectivity index (χ1n) is 6.39. The third-order valence-electron chi connectivity index (χ3n) is 2.55. The SMILES string of the molecule is COC(=O)C[C@H](NC(=O)CC(N)CC(C)(C)C)C(=O)O. The van der Waals surface area contributed by atoms with E-state index in [0.29, 0.717) is 6.42 Å². The predicted octanol–water partition coefficient (Wildman–Crippen LogP) is 0.273. The molecule has 0 saturated carbocycles. The van der Waals surface area contributed by atoms with Gasteiger partial charge >= 0.3 is 11.9 Å². The summed E-state index contributed by atoms with van der Waals surface area (Å²) in [5, 5.41) is 11.2. The number of rotatable bonds is 7. The van der Waals surface area contributed by atoms with Crippen LogP contribution >= 0.6 is 0 Å². The Balaban J connectivity index is 4.40. The van der Waals surface area contributed by atoms with Gasteiger partial charge in [-0.1, -0.05) is 20.8 Å². The van der Waals surface area contributed by atoms with Gasteiger partial charge in [-0.05, 0) is 11.8 Å². The molecule has 20 heavy (non-hydrogen) atoms. The molecule has 4 N–H and O–H groups in total. The van der Waals surface area contributed by atoms with Crippen LogP contribution in [0, 0.1) is 5.41 Å². The maximum absolute atomic E-state index is 11.7. The molecule has 0 saturated heterocycles. The predicted molar refractivity (Wildman–Crippen MR) is 72.9 cm³/mol. The van der Waals surface area contributed by atoms with E-state index < -0.39 is 30.3 Å². The van der Waals surface area contributed by atoms with Gasteiger partial charge in [0.2, 0.25) is 5.91 Å². The number of ether oxygens (including phenoxy) is 1. The molecule has 0 bridgehead atoms. The van der Waals surface area contributed by atoms with E-state index in [-0.39, 0.29) is 17.9 Å². The molecule has 0 rings (SSSR count). The average molecular weight is 288 g/mol. The molecule has 7 nitrogen and oxygen atoms in total. The summed E-state index contributed by atoms with van der Waals surface area (Å²) in [5.41, 5.74) is 5.82. The molecule has 116 valence electrons. The maximum Gasteiger partial charge on any atom is 0.326 e. The second kappa shape index (κ2) is 7.84. The van der Waals surface area contributed by atoms with Gasteiger partial charge in [0.05, 0.1) is 13.5 Å². The normalized spacial score (nSPS) is 14.2. The van der Waals surface area contributed by atoms with Crippen LogP contribution in [0.2, 0.25) is 0 Å². The average Bonchev–Trinajstić information content (AvgIpc) is 2.24. The number of carboxylic acid groups (broad SMARTS) is 1. The van der Waals surface area contributed by atoms with E-state index in [1.165, 1.54) is 0 Å². The zero-order valence-electron chi connectivity index (χ0n) is 12.4. The second-order valence-corrected chi connectivity index (χ2v) is 5.97. The molecule has 0 aromatic rings. The molecule has 0 radical (unpaired) electrons. The molecule has 1 amide bonds. The zero-order valence-corrected chi connectivity index (χ0v) is 12.4. The first kappa shape index (κ1) is 18.4. The Labute approximate surface area is 118 Å². The molecule has 0 spiro atoms. The van der Waals surface area contributed by atoms with Crippen LogP contribution in [0.25, 0.3) is 0 Å². The molecule has 0 aromatic carbocycles. The minimum absolute atomic E-state index is 0.0160. The lowest BCUT2D eigenvalue weighted by atomic mass is 9.87. The lowest BCUT2D eigenvalue weighted by molar-refractivity contribution is -0.148. The van der Waals surface area contributed by atoms with Gasteiger partial charge in [-0.2, -0.15) is 0 Å². The third-order valence-corrected chi connectivity index (χ3v) is 2.55. The molecule has 0 aliphatic rings. The number of hydrogen-bond donors (Lipinski definition) is 3. The highest BCUT2D eigenvalue weighted by Gasteiger charge is 2.25. The van der Waals surface area contributed by atoms with E-state index in [2.05, 4.69) is 10.1 Å². The Morgan fingerprint density at radius 3 is 2.20 bits per heavy atom. The Hall–Kier alpha value is -1.63. The van der Waals surface area contributed by atoms with Gasteiger partial charge in [-0.15, -0.1) is 0 Å². The molecule has 0 heterocycles. The van der Waals surface area contributed by atoms with E-state index >= 15 is 0 Å². The van der Waals surface area contributed by atoms with Gasteiger partial charge in [0.25, 0.3) is 0 Å². The van der Waals surface area contributed by atoms with Crippen molar-refractivity contribution in [3.8, 4) is 0 Å². The monoisotopic (exact) mass is 288 g/mol. The summed E-state index contributed by atoms with van der Waals surface area (Å²) in [7, 11) is 1.16. The molecule has 0 aromatic heterocycles. The number of carboxylic acids is 1. The quantitative estimate of drug-likeness (QED) is 0.579. The highest BCUT2D eigenvalue weighted by atomic mass is 16.5. The van der Waals surface area contributed by atoms with E-state index in [1.807, 2.05) is 20.8 Å². The van der Waals surface area contributed by atoms with Crippen molar-refractivity contribution in [2.75, 3.05) is 7.11 Å². The summed E-state index contributed by atoms with van der Waals surface area (Å²) in [4.78, 5) is 33.7. The number of amides is 1. The number of esters is 1. The van der Waals surface area contributed by atoms with Crippen molar-refractivity contribution in [2.24, 2.45) is 11.1 Å². The summed E-state index contributed by atoms with van der Waals surface area (Å²) >= 11 is 0. The van der Waals surface area contributed by atoms with Crippen molar-refractivity contribution in [3.05, 3.63) is 0 Å². The zero-order chi connectivity index (χ0) is 15.9. The van der Waals surface area contributed by atoms with Crippen LogP contribution < -0.4 is 11.1 Å². The number of nitrogens with two attached hydrogens (primary N) is 1. The van der Waals surface area contributed by atoms with Gasteiger partial charge in [-0.25, -0.2) is 4.79 Å². The molecular weight excluding hydrogens is 264 g/mol. The van der Waals surface area contributed by atoms with Crippen molar-refractivity contribution >= 4 is 17.8 Å². The number of nitrogens with one attached hydrogen (secondary N) is 1. The molecule has 1 unspecified atom stereocenters. The smallest absolute Gasteiger partial charge is 0.326 e. The lowest BCUT2D eigenvalue weighted by Gasteiger charge is -2.23. The van der Waals surface area contributed by atoms with Crippen molar-refractivity contribution < 1.29 is 24.2 Å². The fourth-order valence-corrected chi connectivity index (χ4v) is 1.80. The number of aliphatic carboxylic acids is 1. The standard InChI is InChI=1S/C13H24N2O5/c1-13(2,3)7-8(14)5-10(16)15-9(12(18)19)6-11(17)20-4/h8-9H,5-7,14H2,1-4H3,(H,15,16)(H,18,19)/t8?,9-/m0/s1. The van der Waals surface area contributed by atoms with Crippen LogP contribution in [0.1, 0.15) is 40.0 Å². The van der Waals surface area contributed by atoms with Crippen LogP contribution in [-0.2, 0) is 19.1 Å². The number of hydrogen-bond acceptors (Lipinski definition) is 5. The molecule has 7 heteroatoms. The van der Waals surface area contributed by atoms with Crippen LogP contribution in [0.5, 0.6) is 0 Å². The van der Waals surface area contributed by atoms with E-state index in [0.717, 1.165) is 7.11 Å². The van der Waals surface area contributed by atoms with Gasteiger partial charge in [0.15, 0.2) is 0 Å². The summed E-state index contributed by atoms with van der Waals surface area (Å²) in [5.74, 6) is -2.47. The van der Waals surface area contributed by atoms with E-state index in [1.54, 1.807) is 0 Å². The largest absolute Gasteiger partial charge is 0.480 e. The van der Waals surface area contributed by atoms with Crippen molar-refractivity contribution in [2.45, 2.75) is 52.1 Å². The van der Waals surface area contributed by atoms with Gasteiger partial charge in [0.1, 0.15) is 6.04 Å². The first-order valence-corrected chi connectivity index (χ1v) is 6.39. The van der Waals surface area contributed by atoms with Crippen LogP contribution in [0.15, 0.2) is 0 Å². The van der Waals surface area contributed by atoms with E-state index in [4.69, 9.17) is 10.8 Å². The minimum atomic E-state index is -1.29. The Bertz CT molecular complexity index is 362. The minimum Gasteiger partial charge on any atom is -0.480 e. The maximum atomic E-state index is 11.7. The fraction of sp³-hybridized carbons (Fsp3) is 0.769. The van der Waals surface area contributed by atoms with Crippen LogP contribution in [0.4, 0.5) is 0 Å². The van der Waals surface area contributed by atoms with Gasteiger partial charge in [0, 0.05) is 12.5 Å². The fourth-order valence-electron chi connectivity index (χ4n) is 1.80. The molecule has 0 fully saturated rings. The molecular formula is C13H24N2O5. The second-order valence-electron chi connectivity index (χ2n) is 5.97. The topological polar surface area (TPSA) is 119 Å². The van der Waals surface area contributed by atoms with E-state index in [9.17, 15) is 14.4 Å². The lowest BCUT2D eigenvalue weighted by Crippen LogP contribution is -2.44. The summed E-state index contributed by atoms with van der Waals surface area (Å²) in [6.07, 6.45) is 0.240. The highest BCUT2D eigenvalue weighted by molar-refractivity contribution is 5.87. The summed E-state index contributed by atoms with van der Waals surface area (Å²) < 4.78 is 4.38. The van der Waals surface area contributed by atoms with Gasteiger partial charge < -0.3 is 20.9 Å². The van der Waals surface area contributed by atoms with Crippen molar-refractivity contribution in [3.63, 3.8) is 0 Å². The Morgan fingerprint density at radius 2 is 1.80 bits per heavy atom. The molecule has 0 aliphatic carbocycles. The van der Waals surface area contributed by atoms with Crippen molar-refractivity contribution in [1.82, 2.24) is 5.32 Å². The first-order chi connectivity index (χ1) is 9.05. The van der Waals surface area contributed by atoms with Crippen LogP contribution in [-0.4, -0.2) is 42.1 Å². The molecule has 2 atom stereocenters. The summed E-state index contributed by atoms with van der Waals surface area (Å²) in [6.45, 7) is 6.01. The highest BCUT2D eigenvalue weighted by Crippen LogP contribution is 2.20. The van der Waals surface area contributed by atoms with Gasteiger partial charge in [-0.3, -0.25) is 9.59 Å². The molecule has 0 aliphatic heterocycles. The Morgan fingerprint density at radius 1 is 1.25 bits per heavy atom. The number of carbonyl (C=O) groups excluding carboxylic acids is 2. The number of methoxy groups -OCH3 is 1. The summed E-state index contributed by atoms with van der Waals surface area (Å²) in [6, 6.07) is -1.65. The van der Waals surface area contributed by atoms with Crippen molar-refractivity contribution in [1.29, 1.82) is 0 Å². The number of carbonyl (C=O) groups is 3.